The molecule has 0 aliphatic carbocycles. The first-order valence-electron chi connectivity index (χ1n) is 11.6. The number of aliphatic hydroxyl groups is 2. The van der Waals surface area contributed by atoms with Crippen molar-refractivity contribution < 1.29 is 19.8 Å². The van der Waals surface area contributed by atoms with E-state index in [4.69, 9.17) is 11.5 Å². The van der Waals surface area contributed by atoms with Crippen molar-refractivity contribution in [3.8, 4) is 0 Å². The Labute approximate surface area is 182 Å². The first-order chi connectivity index (χ1) is 14.4. The Kier molecular flexibility index (Phi) is 18.3. The fourth-order valence-corrected chi connectivity index (χ4v) is 3.41. The SMILES string of the molecule is CC(CCCCC(C)C(O)N[C@@H](C=O)CCCCN)C(O)N[C@@H](C=O)CCCCN. The van der Waals surface area contributed by atoms with Gasteiger partial charge in [-0.3, -0.25) is 10.6 Å². The van der Waals surface area contributed by atoms with Gasteiger partial charge in [-0.05, 0) is 63.5 Å². The lowest BCUT2D eigenvalue weighted by molar-refractivity contribution is -0.111. The standard InChI is InChI=1S/C22H46N4O4/c1-17(21(29)25-19(15-27)11-5-7-13-23)9-3-4-10-18(2)22(30)26-20(16-28)12-6-8-14-24/h15-22,25-26,29-30H,3-14,23-24H2,1-2H3/t17?,18?,19-,20-,21?,22?/m1/s1. The van der Waals surface area contributed by atoms with E-state index in [2.05, 4.69) is 10.6 Å². The van der Waals surface area contributed by atoms with Gasteiger partial charge in [0.2, 0.25) is 0 Å². The van der Waals surface area contributed by atoms with E-state index in [1.54, 1.807) is 0 Å². The molecule has 8 heteroatoms. The van der Waals surface area contributed by atoms with Gasteiger partial charge < -0.3 is 31.3 Å². The Morgan fingerprint density at radius 2 is 1.00 bits per heavy atom. The molecule has 0 rings (SSSR count). The van der Waals surface area contributed by atoms with Crippen LogP contribution in [0.3, 0.4) is 0 Å². The topological polar surface area (TPSA) is 151 Å². The molecule has 4 unspecified atom stereocenters. The highest BCUT2D eigenvalue weighted by molar-refractivity contribution is 5.57. The van der Waals surface area contributed by atoms with Crippen molar-refractivity contribution in [3.63, 3.8) is 0 Å². The minimum atomic E-state index is -0.718. The van der Waals surface area contributed by atoms with Gasteiger partial charge in [0, 0.05) is 0 Å². The Morgan fingerprint density at radius 1 is 0.667 bits per heavy atom. The van der Waals surface area contributed by atoms with E-state index < -0.39 is 12.5 Å². The Bertz CT molecular complexity index is 390. The molecule has 0 aliphatic rings. The molecule has 0 radical (unpaired) electrons. The van der Waals surface area contributed by atoms with E-state index in [0.717, 1.165) is 63.9 Å². The first kappa shape index (κ1) is 29.1. The molecule has 0 aromatic carbocycles. The number of carbonyl (C=O) groups is 2. The third-order valence-electron chi connectivity index (χ3n) is 5.68. The summed E-state index contributed by atoms with van der Waals surface area (Å²) < 4.78 is 0. The van der Waals surface area contributed by atoms with Crippen LogP contribution in [0.5, 0.6) is 0 Å². The molecule has 30 heavy (non-hydrogen) atoms. The highest BCUT2D eigenvalue weighted by atomic mass is 16.3. The van der Waals surface area contributed by atoms with Crippen molar-refractivity contribution in [1.29, 1.82) is 0 Å². The minimum absolute atomic E-state index is 0.0299. The van der Waals surface area contributed by atoms with Crippen LogP contribution in [0.25, 0.3) is 0 Å². The molecule has 0 aromatic rings. The monoisotopic (exact) mass is 430 g/mol. The largest absolute Gasteiger partial charge is 0.378 e. The lowest BCUT2D eigenvalue weighted by atomic mass is 9.96. The maximum absolute atomic E-state index is 11.2. The molecule has 0 amide bonds. The smallest absolute Gasteiger partial charge is 0.136 e. The zero-order valence-electron chi connectivity index (χ0n) is 19.0. The Balaban J connectivity index is 4.08. The average Bonchev–Trinajstić information content (AvgIpc) is 2.74. The normalized spacial score (nSPS) is 17.7. The molecule has 0 spiro atoms. The third-order valence-corrected chi connectivity index (χ3v) is 5.68. The highest BCUT2D eigenvalue weighted by Gasteiger charge is 2.20. The average molecular weight is 431 g/mol. The van der Waals surface area contributed by atoms with Gasteiger partial charge >= 0.3 is 0 Å². The Hall–Kier alpha value is -0.900. The van der Waals surface area contributed by atoms with Gasteiger partial charge in [-0.1, -0.05) is 39.5 Å². The summed E-state index contributed by atoms with van der Waals surface area (Å²) >= 11 is 0. The van der Waals surface area contributed by atoms with E-state index in [9.17, 15) is 19.8 Å². The molecule has 0 bridgehead atoms. The summed E-state index contributed by atoms with van der Waals surface area (Å²) in [5, 5.41) is 26.6. The van der Waals surface area contributed by atoms with Crippen LogP contribution in [0, 0.1) is 11.8 Å². The van der Waals surface area contributed by atoms with Crippen LogP contribution in [0.1, 0.15) is 78.1 Å². The van der Waals surface area contributed by atoms with Gasteiger partial charge in [-0.2, -0.15) is 0 Å². The summed E-state index contributed by atoms with van der Waals surface area (Å²) in [6, 6.07) is -0.684. The fraction of sp³-hybridized carbons (Fsp3) is 0.909. The van der Waals surface area contributed by atoms with Crippen LogP contribution in [0.2, 0.25) is 0 Å². The summed E-state index contributed by atoms with van der Waals surface area (Å²) in [6.07, 6.45) is 8.60. The molecule has 178 valence electrons. The van der Waals surface area contributed by atoms with Gasteiger partial charge in [0.25, 0.3) is 0 Å². The molecule has 0 fully saturated rings. The third kappa shape index (κ3) is 14.2. The lowest BCUT2D eigenvalue weighted by Gasteiger charge is -2.25. The number of hydrogen-bond acceptors (Lipinski definition) is 8. The van der Waals surface area contributed by atoms with Crippen molar-refractivity contribution in [2.45, 2.75) is 103 Å². The zero-order chi connectivity index (χ0) is 22.8. The maximum atomic E-state index is 11.2. The van der Waals surface area contributed by atoms with E-state index in [-0.39, 0.29) is 23.9 Å². The van der Waals surface area contributed by atoms with Crippen molar-refractivity contribution in [1.82, 2.24) is 10.6 Å². The molecule has 0 saturated carbocycles. The van der Waals surface area contributed by atoms with Gasteiger partial charge in [0.05, 0.1) is 12.1 Å². The van der Waals surface area contributed by atoms with Crippen molar-refractivity contribution in [2.24, 2.45) is 23.3 Å². The molecule has 0 aliphatic heterocycles. The predicted molar refractivity (Wildman–Crippen MR) is 121 cm³/mol. The van der Waals surface area contributed by atoms with Gasteiger partial charge in [-0.15, -0.1) is 0 Å². The number of hydrogen-bond donors (Lipinski definition) is 6. The van der Waals surface area contributed by atoms with Gasteiger partial charge in [-0.25, -0.2) is 0 Å². The molecular weight excluding hydrogens is 384 g/mol. The van der Waals surface area contributed by atoms with Crippen LogP contribution in [-0.2, 0) is 9.59 Å². The summed E-state index contributed by atoms with van der Waals surface area (Å²) in [5.41, 5.74) is 10.9. The predicted octanol–water partition coefficient (Wildman–Crippen LogP) is 1.03. The fourth-order valence-electron chi connectivity index (χ4n) is 3.41. The molecule has 8 nitrogen and oxygen atoms in total. The number of aldehydes is 2. The number of nitrogens with one attached hydrogen (secondary N) is 2. The van der Waals surface area contributed by atoms with Crippen LogP contribution in [-0.4, -0.2) is 60.4 Å². The first-order valence-corrected chi connectivity index (χ1v) is 11.6. The van der Waals surface area contributed by atoms with Gasteiger partial charge in [0.1, 0.15) is 25.0 Å². The van der Waals surface area contributed by atoms with Crippen LogP contribution >= 0.6 is 0 Å². The Morgan fingerprint density at radius 3 is 1.30 bits per heavy atom. The maximum Gasteiger partial charge on any atom is 0.136 e. The van der Waals surface area contributed by atoms with E-state index in [1.165, 1.54) is 0 Å². The van der Waals surface area contributed by atoms with E-state index in [1.807, 2.05) is 13.8 Å². The molecule has 0 aromatic heterocycles. The van der Waals surface area contributed by atoms with Crippen LogP contribution in [0.4, 0.5) is 0 Å². The molecule has 6 atom stereocenters. The van der Waals surface area contributed by atoms with Crippen LogP contribution < -0.4 is 22.1 Å². The number of unbranched alkanes of at least 4 members (excludes halogenated alkanes) is 3. The zero-order valence-corrected chi connectivity index (χ0v) is 19.0. The van der Waals surface area contributed by atoms with E-state index in [0.29, 0.717) is 25.9 Å². The summed E-state index contributed by atoms with van der Waals surface area (Å²) in [4.78, 5) is 22.3. The lowest BCUT2D eigenvalue weighted by Crippen LogP contribution is -2.43. The van der Waals surface area contributed by atoms with Crippen LogP contribution in [0.15, 0.2) is 0 Å². The van der Waals surface area contributed by atoms with Crippen molar-refractivity contribution in [2.75, 3.05) is 13.1 Å². The molecule has 8 N–H and O–H groups in total. The molecular formula is C22H46N4O4. The number of nitrogens with two attached hydrogens (primary N) is 2. The van der Waals surface area contributed by atoms with Crippen molar-refractivity contribution >= 4 is 12.6 Å². The second-order valence-corrected chi connectivity index (χ2v) is 8.52. The summed E-state index contributed by atoms with van der Waals surface area (Å²) in [5.74, 6) is 0.0598. The number of rotatable bonds is 21. The second kappa shape index (κ2) is 18.8. The second-order valence-electron chi connectivity index (χ2n) is 8.52. The number of aliphatic hydroxyl groups excluding tert-OH is 2. The quantitative estimate of drug-likeness (QED) is 0.0897. The highest BCUT2D eigenvalue weighted by Crippen LogP contribution is 2.17. The van der Waals surface area contributed by atoms with Gasteiger partial charge in [0.15, 0.2) is 0 Å². The molecule has 0 heterocycles. The molecule has 0 saturated heterocycles. The van der Waals surface area contributed by atoms with E-state index >= 15 is 0 Å². The minimum Gasteiger partial charge on any atom is -0.378 e. The number of carbonyl (C=O) groups excluding carboxylic acids is 2. The summed E-state index contributed by atoms with van der Waals surface area (Å²) in [7, 11) is 0. The van der Waals surface area contributed by atoms with Crippen molar-refractivity contribution in [3.05, 3.63) is 0 Å². The summed E-state index contributed by atoms with van der Waals surface area (Å²) in [6.45, 7) is 5.15.